The maximum atomic E-state index is 13.8. The van der Waals surface area contributed by atoms with Crippen molar-refractivity contribution < 1.29 is 46.0 Å². The van der Waals surface area contributed by atoms with Gasteiger partial charge in [0.15, 0.2) is 54.6 Å². The zero-order chi connectivity index (χ0) is 56.3. The summed E-state index contributed by atoms with van der Waals surface area (Å²) in [7, 11) is -4.70. The number of sulfone groups is 2. The monoisotopic (exact) mass is 1100 g/mol. The molecule has 0 amide bonds. The molecule has 24 heteroatoms. The van der Waals surface area contributed by atoms with Gasteiger partial charge in [-0.3, -0.25) is 19.1 Å². The van der Waals surface area contributed by atoms with Gasteiger partial charge in [0, 0.05) is 60.7 Å². The van der Waals surface area contributed by atoms with Crippen molar-refractivity contribution in [2.75, 3.05) is 40.6 Å². The number of aliphatic hydroxyl groups is 2. The summed E-state index contributed by atoms with van der Waals surface area (Å²) in [5.41, 5.74) is 7.82. The number of rotatable bonds is 22. The van der Waals surface area contributed by atoms with Crippen molar-refractivity contribution >= 4 is 19.7 Å². The zero-order valence-electron chi connectivity index (χ0n) is 45.1. The number of hydrogen-bond donors (Lipinski definition) is 2. The summed E-state index contributed by atoms with van der Waals surface area (Å²) in [6, 6.07) is 15.0. The first kappa shape index (κ1) is 58.2. The molecule has 6 heterocycles. The maximum Gasteiger partial charge on any atom is 0.170 e. The third-order valence-corrected chi connectivity index (χ3v) is 16.6. The van der Waals surface area contributed by atoms with Gasteiger partial charge in [-0.1, -0.05) is 24.3 Å². The Labute approximate surface area is 453 Å². The van der Waals surface area contributed by atoms with Crippen molar-refractivity contribution in [3.05, 3.63) is 155 Å². The van der Waals surface area contributed by atoms with Crippen LogP contribution in [0.2, 0.25) is 0 Å². The average molecular weight is 1110 g/mol. The summed E-state index contributed by atoms with van der Waals surface area (Å²) in [6.07, 6.45) is 11.2. The molecule has 78 heavy (non-hydrogen) atoms. The minimum absolute atomic E-state index is 0.0666. The van der Waals surface area contributed by atoms with Gasteiger partial charge in [-0.15, -0.1) is 20.4 Å². The molecule has 0 saturated carbocycles. The van der Waals surface area contributed by atoms with Gasteiger partial charge in [0.05, 0.1) is 62.5 Å². The van der Waals surface area contributed by atoms with Gasteiger partial charge in [0.1, 0.15) is 35.2 Å². The maximum absolute atomic E-state index is 13.8. The van der Waals surface area contributed by atoms with Crippen LogP contribution in [0.4, 0.5) is 0 Å². The molecule has 0 aliphatic carbocycles. The topological polar surface area (TPSA) is 284 Å². The highest BCUT2D eigenvalue weighted by Gasteiger charge is 2.37. The second kappa shape index (κ2) is 25.8. The van der Waals surface area contributed by atoms with Crippen LogP contribution in [0.3, 0.4) is 0 Å². The number of aromatic nitrogens is 12. The van der Waals surface area contributed by atoms with Crippen LogP contribution in [-0.2, 0) is 40.7 Å². The molecule has 0 aliphatic heterocycles. The molecule has 8 aromatic rings. The van der Waals surface area contributed by atoms with E-state index in [4.69, 9.17) is 18.9 Å². The quantitative estimate of drug-likeness (QED) is 0.0762. The third kappa shape index (κ3) is 13.4. The van der Waals surface area contributed by atoms with E-state index >= 15 is 0 Å². The van der Waals surface area contributed by atoms with Crippen molar-refractivity contribution in [3.63, 3.8) is 0 Å². The highest BCUT2D eigenvalue weighted by Crippen LogP contribution is 2.36. The van der Waals surface area contributed by atoms with E-state index in [-0.39, 0.29) is 49.7 Å². The molecule has 412 valence electrons. The van der Waals surface area contributed by atoms with Crippen LogP contribution >= 0.6 is 0 Å². The predicted octanol–water partition coefficient (Wildman–Crippen LogP) is 6.21. The predicted molar refractivity (Wildman–Crippen MR) is 290 cm³/mol. The number of para-hydroxylation sites is 2. The van der Waals surface area contributed by atoms with E-state index in [1.807, 2.05) is 77.9 Å². The summed E-state index contributed by atoms with van der Waals surface area (Å²) in [5, 5.41) is 34.0. The van der Waals surface area contributed by atoms with Crippen LogP contribution in [0.15, 0.2) is 98.1 Å². The summed E-state index contributed by atoms with van der Waals surface area (Å²) < 4.78 is 81.6. The second-order valence-corrected chi connectivity index (χ2v) is 23.3. The molecule has 0 saturated heterocycles. The molecule has 0 fully saturated rings. The van der Waals surface area contributed by atoms with E-state index in [1.165, 1.54) is 0 Å². The minimum atomic E-state index is -3.91. The molecule has 0 radical (unpaired) electrons. The molecule has 0 unspecified atom stereocenters. The van der Waals surface area contributed by atoms with Crippen LogP contribution in [0.1, 0.15) is 82.7 Å². The van der Waals surface area contributed by atoms with E-state index in [9.17, 15) is 27.0 Å². The number of ether oxygens (including phenoxy) is 4. The third-order valence-electron chi connectivity index (χ3n) is 12.5. The second-order valence-electron chi connectivity index (χ2n) is 18.6. The smallest absolute Gasteiger partial charge is 0.170 e. The lowest BCUT2D eigenvalue weighted by atomic mass is 10.1. The van der Waals surface area contributed by atoms with Crippen molar-refractivity contribution in [1.29, 1.82) is 0 Å². The normalized spacial score (nSPS) is 13.3. The van der Waals surface area contributed by atoms with Crippen LogP contribution in [0.25, 0.3) is 34.2 Å². The Hall–Kier alpha value is -7.48. The fourth-order valence-corrected chi connectivity index (χ4v) is 11.3. The molecule has 4 atom stereocenters. The number of aliphatic hydroxyl groups excluding tert-OH is 2. The zero-order valence-corrected chi connectivity index (χ0v) is 46.8. The fraction of sp³-hybridized carbons (Fsp3) is 0.370. The molecule has 8 rings (SSSR count). The number of aryl methyl sites for hydroxylation is 6. The fourth-order valence-electron chi connectivity index (χ4n) is 8.48. The highest BCUT2D eigenvalue weighted by atomic mass is 32.2. The van der Waals surface area contributed by atoms with Gasteiger partial charge in [0.25, 0.3) is 0 Å². The largest absolute Gasteiger partial charge is 0.495 e. The van der Waals surface area contributed by atoms with Gasteiger partial charge < -0.3 is 29.2 Å². The summed E-state index contributed by atoms with van der Waals surface area (Å²) in [6.45, 7) is 13.7. The first-order chi connectivity index (χ1) is 37.3. The highest BCUT2D eigenvalue weighted by molar-refractivity contribution is 7.91. The Morgan fingerprint density at radius 1 is 0.513 bits per heavy atom. The van der Waals surface area contributed by atoms with Gasteiger partial charge in [-0.25, -0.2) is 36.8 Å². The van der Waals surface area contributed by atoms with Crippen LogP contribution < -0.4 is 9.47 Å². The Balaban J connectivity index is 0.000000226. The van der Waals surface area contributed by atoms with Crippen LogP contribution in [-0.4, -0.2) is 138 Å². The summed E-state index contributed by atoms with van der Waals surface area (Å²) in [4.78, 5) is 25.7. The molecule has 0 bridgehead atoms. The van der Waals surface area contributed by atoms with E-state index in [0.717, 1.165) is 33.4 Å². The van der Waals surface area contributed by atoms with E-state index in [2.05, 4.69) is 50.3 Å². The molecule has 2 N–H and O–H groups in total. The molecule has 0 aliphatic rings. The van der Waals surface area contributed by atoms with Crippen LogP contribution in [0.5, 0.6) is 11.5 Å². The Bertz CT molecular complexity index is 3310. The molecule has 6 aromatic heterocycles. The first-order valence-corrected chi connectivity index (χ1v) is 28.2. The van der Waals surface area contributed by atoms with Crippen LogP contribution in [0, 0.1) is 41.5 Å². The van der Waals surface area contributed by atoms with Gasteiger partial charge in [-0.2, -0.15) is 0 Å². The molecule has 22 nitrogen and oxygen atoms in total. The SMILES string of the molecule is COc1cccc(C)c1-n1c(CS(=O)(=O)[C@@H](C)[C@@H](OCCO)c2ncc(C)cn2)nnc1-c1cncc(C)c1.COc1cccc(C)c1-n1c(CS(=O)(=O)[C@H](C)[C@H](OCCO)c2ncc(C)cn2)nnc1-c1cncc(C)c1. The Kier molecular flexibility index (Phi) is 19.2. The average Bonchev–Trinajstić information content (AvgIpc) is 4.08. The lowest BCUT2D eigenvalue weighted by Crippen LogP contribution is -2.31. The van der Waals surface area contributed by atoms with Gasteiger partial charge in [0.2, 0.25) is 0 Å². The van der Waals surface area contributed by atoms with Crippen molar-refractivity contribution in [2.45, 2.75) is 89.6 Å². The number of hydrogen-bond acceptors (Lipinski definition) is 20. The van der Waals surface area contributed by atoms with Crippen molar-refractivity contribution in [1.82, 2.24) is 59.4 Å². The molecule has 2 aromatic carbocycles. The molecule has 0 spiro atoms. The molecular formula is C54H64N12O10S2. The number of nitrogens with zero attached hydrogens (tertiary/aromatic N) is 12. The number of methoxy groups -OCH3 is 2. The Morgan fingerprint density at radius 3 is 1.22 bits per heavy atom. The minimum Gasteiger partial charge on any atom is -0.495 e. The van der Waals surface area contributed by atoms with E-state index in [1.54, 1.807) is 98.9 Å². The van der Waals surface area contributed by atoms with Crippen molar-refractivity contribution in [3.8, 4) is 45.6 Å². The first-order valence-electron chi connectivity index (χ1n) is 24.8. The summed E-state index contributed by atoms with van der Waals surface area (Å²) in [5.74, 6) is 1.93. The van der Waals surface area contributed by atoms with Gasteiger partial charge in [-0.05, 0) is 113 Å². The lowest BCUT2D eigenvalue weighted by Gasteiger charge is -2.23. The Morgan fingerprint density at radius 2 is 0.885 bits per heavy atom. The van der Waals surface area contributed by atoms with Crippen molar-refractivity contribution in [2.24, 2.45) is 0 Å². The van der Waals surface area contributed by atoms with Gasteiger partial charge >= 0.3 is 0 Å². The number of pyridine rings is 2. The summed E-state index contributed by atoms with van der Waals surface area (Å²) >= 11 is 0. The number of benzene rings is 2. The standard InChI is InChI=1S/2C27H32N6O5S/c2*1-17-11-21(15-28-12-17)27-32-31-23(33(27)24-19(3)7-6-8-22(24)37-5)16-39(35,36)20(4)25(38-10-9-34)26-29-13-18(2)14-30-26/h2*6-8,11-15,20,25,34H,9-10,16H2,1-5H3/t2*20-,25+/m10/s1. The van der Waals surface area contributed by atoms with E-state index < -0.39 is 53.9 Å². The van der Waals surface area contributed by atoms with E-state index in [0.29, 0.717) is 45.6 Å². The lowest BCUT2D eigenvalue weighted by molar-refractivity contribution is 0.0226. The molecular weight excluding hydrogens is 1040 g/mol.